The zero-order valence-electron chi connectivity index (χ0n) is 13.3. The van der Waals surface area contributed by atoms with Crippen LogP contribution in [0.5, 0.6) is 5.75 Å². The maximum Gasteiger partial charge on any atom is 0.124 e. The predicted molar refractivity (Wildman–Crippen MR) is 90.2 cm³/mol. The summed E-state index contributed by atoms with van der Waals surface area (Å²) in [6.45, 7) is 0.903. The second-order valence-electron chi connectivity index (χ2n) is 6.79. The van der Waals surface area contributed by atoms with Crippen LogP contribution in [0.25, 0.3) is 0 Å². The number of nitrogens with one attached hydrogen (secondary N) is 1. The number of hydrogen-bond acceptors (Lipinski definition) is 3. The lowest BCUT2D eigenvalue weighted by Crippen LogP contribution is -2.49. The molecule has 4 rings (SSSR count). The van der Waals surface area contributed by atoms with Crippen LogP contribution in [0.3, 0.4) is 0 Å². The van der Waals surface area contributed by atoms with E-state index in [1.54, 1.807) is 0 Å². The largest absolute Gasteiger partial charge is 0.487 e. The Kier molecular flexibility index (Phi) is 3.83. The van der Waals surface area contributed by atoms with Crippen molar-refractivity contribution in [3.05, 3.63) is 65.2 Å². The molecule has 0 radical (unpaired) electrons. The molecule has 0 unspecified atom stereocenters. The van der Waals surface area contributed by atoms with Gasteiger partial charge >= 0.3 is 0 Å². The highest BCUT2D eigenvalue weighted by Crippen LogP contribution is 2.48. The smallest absolute Gasteiger partial charge is 0.124 e. The number of rotatable bonds is 4. The van der Waals surface area contributed by atoms with Crippen LogP contribution in [0.1, 0.15) is 48.4 Å². The minimum Gasteiger partial charge on any atom is -0.487 e. The van der Waals surface area contributed by atoms with Gasteiger partial charge in [0.25, 0.3) is 0 Å². The summed E-state index contributed by atoms with van der Waals surface area (Å²) in [4.78, 5) is 0. The zero-order valence-corrected chi connectivity index (χ0v) is 13.3. The molecule has 3 heteroatoms. The lowest BCUT2D eigenvalue weighted by atomic mass is 9.73. The molecule has 120 valence electrons. The fraction of sp³-hybridized carbons (Fsp3) is 0.400. The topological polar surface area (TPSA) is 41.5 Å². The van der Waals surface area contributed by atoms with Crippen molar-refractivity contribution in [3.8, 4) is 5.75 Å². The highest BCUT2D eigenvalue weighted by molar-refractivity contribution is 5.39. The number of para-hydroxylation sites is 1. The molecule has 2 aromatic rings. The number of fused-ring (bicyclic) bond motifs is 1. The molecule has 1 saturated carbocycles. The van der Waals surface area contributed by atoms with Crippen molar-refractivity contribution in [2.24, 2.45) is 0 Å². The van der Waals surface area contributed by atoms with Crippen LogP contribution in [0.4, 0.5) is 0 Å². The van der Waals surface area contributed by atoms with Crippen molar-refractivity contribution in [2.45, 2.75) is 50.5 Å². The van der Waals surface area contributed by atoms with E-state index in [0.29, 0.717) is 6.04 Å². The quantitative estimate of drug-likeness (QED) is 0.904. The third kappa shape index (κ3) is 2.87. The Morgan fingerprint density at radius 3 is 2.70 bits per heavy atom. The van der Waals surface area contributed by atoms with Crippen molar-refractivity contribution >= 4 is 0 Å². The monoisotopic (exact) mass is 309 g/mol. The molecule has 1 heterocycles. The van der Waals surface area contributed by atoms with Crippen LogP contribution >= 0.6 is 0 Å². The summed E-state index contributed by atoms with van der Waals surface area (Å²) >= 11 is 0. The standard InChI is InChI=1S/C20H23NO2/c22-14-16-6-3-5-15(11-16)13-21-18-12-20(9-4-10-20)23-19-8-2-1-7-17(18)19/h1-3,5-8,11,18,21-22H,4,9-10,12-14H2/t18-/m1/s1. The molecule has 2 aromatic carbocycles. The normalized spacial score (nSPS) is 21.3. The molecule has 1 atom stereocenters. The molecule has 0 aromatic heterocycles. The van der Waals surface area contributed by atoms with E-state index in [1.807, 2.05) is 12.1 Å². The van der Waals surface area contributed by atoms with E-state index in [4.69, 9.17) is 4.74 Å². The van der Waals surface area contributed by atoms with E-state index in [9.17, 15) is 5.11 Å². The lowest BCUT2D eigenvalue weighted by molar-refractivity contribution is -0.0371. The molecule has 2 aliphatic rings. The van der Waals surface area contributed by atoms with Gasteiger partial charge in [-0.05, 0) is 36.5 Å². The Morgan fingerprint density at radius 2 is 1.91 bits per heavy atom. The number of benzene rings is 2. The second kappa shape index (κ2) is 5.99. The van der Waals surface area contributed by atoms with Crippen LogP contribution in [-0.2, 0) is 13.2 Å². The van der Waals surface area contributed by atoms with Crippen molar-refractivity contribution in [1.29, 1.82) is 0 Å². The van der Waals surface area contributed by atoms with Crippen LogP contribution in [0.2, 0.25) is 0 Å². The van der Waals surface area contributed by atoms with Crippen molar-refractivity contribution in [2.75, 3.05) is 0 Å². The van der Waals surface area contributed by atoms with Crippen LogP contribution in [-0.4, -0.2) is 10.7 Å². The van der Waals surface area contributed by atoms with Crippen molar-refractivity contribution in [3.63, 3.8) is 0 Å². The van der Waals surface area contributed by atoms with E-state index in [1.165, 1.54) is 30.4 Å². The van der Waals surface area contributed by atoms with Gasteiger partial charge in [0, 0.05) is 24.6 Å². The van der Waals surface area contributed by atoms with E-state index in [0.717, 1.165) is 24.3 Å². The fourth-order valence-electron chi connectivity index (χ4n) is 3.76. The van der Waals surface area contributed by atoms with Gasteiger partial charge in [-0.2, -0.15) is 0 Å². The summed E-state index contributed by atoms with van der Waals surface area (Å²) in [5.41, 5.74) is 3.50. The highest BCUT2D eigenvalue weighted by atomic mass is 16.5. The third-order valence-electron chi connectivity index (χ3n) is 5.19. The molecule has 3 nitrogen and oxygen atoms in total. The summed E-state index contributed by atoms with van der Waals surface area (Å²) in [6.07, 6.45) is 4.65. The SMILES string of the molecule is OCc1cccc(CN[C@@H]2CC3(CCC3)Oc3ccccc32)c1. The first-order chi connectivity index (χ1) is 11.3. The van der Waals surface area contributed by atoms with Crippen molar-refractivity contribution < 1.29 is 9.84 Å². The van der Waals surface area contributed by atoms with Gasteiger partial charge in [-0.25, -0.2) is 0 Å². The molecule has 1 fully saturated rings. The van der Waals surface area contributed by atoms with Crippen LogP contribution < -0.4 is 10.1 Å². The Hall–Kier alpha value is -1.84. The first-order valence-corrected chi connectivity index (χ1v) is 8.48. The first-order valence-electron chi connectivity index (χ1n) is 8.48. The number of aliphatic hydroxyl groups is 1. The minimum absolute atomic E-state index is 0.0545. The van der Waals surface area contributed by atoms with Crippen molar-refractivity contribution in [1.82, 2.24) is 5.32 Å². The first kappa shape index (κ1) is 14.7. The van der Waals surface area contributed by atoms with Gasteiger partial charge < -0.3 is 15.2 Å². The third-order valence-corrected chi connectivity index (χ3v) is 5.19. The second-order valence-corrected chi connectivity index (χ2v) is 6.79. The summed E-state index contributed by atoms with van der Waals surface area (Å²) in [6, 6.07) is 16.9. The molecule has 2 N–H and O–H groups in total. The summed E-state index contributed by atoms with van der Waals surface area (Å²) in [7, 11) is 0. The molecular formula is C20H23NO2. The van der Waals surface area contributed by atoms with Gasteiger partial charge in [0.1, 0.15) is 11.4 Å². The fourth-order valence-corrected chi connectivity index (χ4v) is 3.76. The number of ether oxygens (including phenoxy) is 1. The zero-order chi connectivity index (χ0) is 15.7. The van der Waals surface area contributed by atoms with E-state index >= 15 is 0 Å². The maximum atomic E-state index is 9.28. The Bertz CT molecular complexity index is 694. The van der Waals surface area contributed by atoms with Gasteiger partial charge in [0.05, 0.1) is 6.61 Å². The Morgan fingerprint density at radius 1 is 1.09 bits per heavy atom. The Labute approximate surface area is 137 Å². The molecule has 1 aliphatic carbocycles. The van der Waals surface area contributed by atoms with Gasteiger partial charge in [-0.3, -0.25) is 0 Å². The molecule has 1 spiro atoms. The maximum absolute atomic E-state index is 9.28. The minimum atomic E-state index is 0.0545. The van der Waals surface area contributed by atoms with Gasteiger partial charge in [0.15, 0.2) is 0 Å². The lowest BCUT2D eigenvalue weighted by Gasteiger charge is -2.48. The highest BCUT2D eigenvalue weighted by Gasteiger charge is 2.45. The average Bonchev–Trinajstić information content (AvgIpc) is 2.58. The number of hydrogen-bond donors (Lipinski definition) is 2. The summed E-state index contributed by atoms with van der Waals surface area (Å²) < 4.78 is 6.30. The average molecular weight is 309 g/mol. The molecule has 1 aliphatic heterocycles. The molecule has 0 saturated heterocycles. The number of aliphatic hydroxyl groups excluding tert-OH is 1. The predicted octanol–water partition coefficient (Wildman–Crippen LogP) is 3.72. The van der Waals surface area contributed by atoms with E-state index in [-0.39, 0.29) is 12.2 Å². The van der Waals surface area contributed by atoms with E-state index in [2.05, 4.69) is 41.7 Å². The van der Waals surface area contributed by atoms with Crippen LogP contribution in [0, 0.1) is 0 Å². The molecule has 0 bridgehead atoms. The molecule has 0 amide bonds. The Balaban J connectivity index is 1.53. The van der Waals surface area contributed by atoms with E-state index < -0.39 is 0 Å². The van der Waals surface area contributed by atoms with Crippen LogP contribution in [0.15, 0.2) is 48.5 Å². The van der Waals surface area contributed by atoms with Gasteiger partial charge in [0.2, 0.25) is 0 Å². The molecular weight excluding hydrogens is 286 g/mol. The van der Waals surface area contributed by atoms with Gasteiger partial charge in [-0.1, -0.05) is 42.5 Å². The summed E-state index contributed by atoms with van der Waals surface area (Å²) in [5.74, 6) is 1.04. The van der Waals surface area contributed by atoms with Gasteiger partial charge in [-0.15, -0.1) is 0 Å². The summed E-state index contributed by atoms with van der Waals surface area (Å²) in [5, 5.41) is 13.0. The molecule has 23 heavy (non-hydrogen) atoms.